The van der Waals surface area contributed by atoms with Crippen LogP contribution in [-0.4, -0.2) is 44.7 Å². The van der Waals surface area contributed by atoms with Crippen molar-refractivity contribution in [1.82, 2.24) is 10.2 Å². The lowest BCUT2D eigenvalue weighted by atomic mass is 9.84. The van der Waals surface area contributed by atoms with Crippen molar-refractivity contribution >= 4 is 5.91 Å². The number of nitrogens with zero attached hydrogens (tertiary/aromatic N) is 1. The van der Waals surface area contributed by atoms with Crippen LogP contribution in [0.3, 0.4) is 0 Å². The first-order valence-corrected chi connectivity index (χ1v) is 10.1. The fourth-order valence-corrected chi connectivity index (χ4v) is 4.02. The number of hydrogen-bond acceptors (Lipinski definition) is 4. The molecule has 2 unspecified atom stereocenters. The second-order valence-electron chi connectivity index (χ2n) is 7.63. The van der Waals surface area contributed by atoms with E-state index in [0.717, 1.165) is 35.6 Å². The van der Waals surface area contributed by atoms with Crippen molar-refractivity contribution in [2.24, 2.45) is 5.92 Å². The van der Waals surface area contributed by atoms with Crippen LogP contribution in [0.25, 0.3) is 0 Å². The molecule has 1 amide bonds. The zero-order valence-electron chi connectivity index (χ0n) is 17.6. The SMILES string of the molecule is C=CCNC(=O)C1CC(c2ccc(F)cc2)CN(Cc2cc(OC)cc(OC)c2)C1. The predicted octanol–water partition coefficient (Wildman–Crippen LogP) is 3.75. The van der Waals surface area contributed by atoms with Gasteiger partial charge in [-0.1, -0.05) is 18.2 Å². The summed E-state index contributed by atoms with van der Waals surface area (Å²) in [7, 11) is 3.26. The number of methoxy groups -OCH3 is 2. The Kier molecular flexibility index (Phi) is 7.46. The second-order valence-corrected chi connectivity index (χ2v) is 7.63. The molecule has 5 nitrogen and oxygen atoms in total. The molecule has 0 radical (unpaired) electrons. The summed E-state index contributed by atoms with van der Waals surface area (Å²) in [6.45, 7) is 6.22. The lowest BCUT2D eigenvalue weighted by Gasteiger charge is -2.37. The molecule has 0 aromatic heterocycles. The van der Waals surface area contributed by atoms with E-state index >= 15 is 0 Å². The summed E-state index contributed by atoms with van der Waals surface area (Å²) in [5, 5.41) is 2.92. The van der Waals surface area contributed by atoms with E-state index < -0.39 is 0 Å². The number of rotatable bonds is 8. The largest absolute Gasteiger partial charge is 0.497 e. The Balaban J connectivity index is 1.82. The zero-order valence-corrected chi connectivity index (χ0v) is 17.6. The van der Waals surface area contributed by atoms with Crippen LogP contribution in [0.4, 0.5) is 4.39 Å². The van der Waals surface area contributed by atoms with E-state index in [9.17, 15) is 9.18 Å². The summed E-state index contributed by atoms with van der Waals surface area (Å²) < 4.78 is 24.2. The highest BCUT2D eigenvalue weighted by atomic mass is 19.1. The van der Waals surface area contributed by atoms with E-state index in [1.807, 2.05) is 30.3 Å². The Labute approximate surface area is 177 Å². The van der Waals surface area contributed by atoms with Crippen LogP contribution in [0.2, 0.25) is 0 Å². The first-order valence-electron chi connectivity index (χ1n) is 10.1. The van der Waals surface area contributed by atoms with Crippen molar-refractivity contribution in [2.75, 3.05) is 33.9 Å². The van der Waals surface area contributed by atoms with Gasteiger partial charge in [-0.2, -0.15) is 0 Å². The third-order valence-electron chi connectivity index (χ3n) is 5.48. The van der Waals surface area contributed by atoms with Crippen molar-refractivity contribution in [3.05, 3.63) is 72.1 Å². The van der Waals surface area contributed by atoms with Crippen molar-refractivity contribution in [3.63, 3.8) is 0 Å². The Hall–Kier alpha value is -2.86. The van der Waals surface area contributed by atoms with E-state index in [2.05, 4.69) is 16.8 Å². The molecule has 2 aromatic rings. The van der Waals surface area contributed by atoms with Gasteiger partial charge in [0.05, 0.1) is 20.1 Å². The van der Waals surface area contributed by atoms with Gasteiger partial charge in [0.25, 0.3) is 0 Å². The molecule has 1 saturated heterocycles. The topological polar surface area (TPSA) is 50.8 Å². The van der Waals surface area contributed by atoms with Crippen molar-refractivity contribution in [1.29, 1.82) is 0 Å². The Bertz CT molecular complexity index is 847. The zero-order chi connectivity index (χ0) is 21.5. The minimum atomic E-state index is -0.254. The van der Waals surface area contributed by atoms with Crippen LogP contribution < -0.4 is 14.8 Å². The van der Waals surface area contributed by atoms with Gasteiger partial charge in [-0.15, -0.1) is 6.58 Å². The number of benzene rings is 2. The summed E-state index contributed by atoms with van der Waals surface area (Å²) >= 11 is 0. The number of nitrogens with one attached hydrogen (secondary N) is 1. The Morgan fingerprint density at radius 1 is 1.17 bits per heavy atom. The molecule has 1 fully saturated rings. The quantitative estimate of drug-likeness (QED) is 0.671. The Morgan fingerprint density at radius 2 is 1.83 bits per heavy atom. The molecular weight excluding hydrogens is 383 g/mol. The standard InChI is InChI=1S/C24H29FN2O3/c1-4-9-26-24(28)20-12-19(18-5-7-21(25)8-6-18)15-27(16-20)14-17-10-22(29-2)13-23(11-17)30-3/h4-8,10-11,13,19-20H,1,9,12,14-16H2,2-3H3,(H,26,28). The Morgan fingerprint density at radius 3 is 2.43 bits per heavy atom. The number of amides is 1. The highest BCUT2D eigenvalue weighted by Crippen LogP contribution is 2.32. The number of halogens is 1. The minimum absolute atomic E-state index is 0.0231. The number of carbonyl (C=O) groups excluding carboxylic acids is 1. The summed E-state index contributed by atoms with van der Waals surface area (Å²) in [4.78, 5) is 15.0. The maximum absolute atomic E-state index is 13.4. The minimum Gasteiger partial charge on any atom is -0.497 e. The van der Waals surface area contributed by atoms with Crippen LogP contribution in [-0.2, 0) is 11.3 Å². The molecule has 160 valence electrons. The molecule has 0 saturated carbocycles. The van der Waals surface area contributed by atoms with E-state index in [1.165, 1.54) is 12.1 Å². The number of ether oxygens (including phenoxy) is 2. The second kappa shape index (κ2) is 10.3. The van der Waals surface area contributed by atoms with Gasteiger partial charge in [-0.3, -0.25) is 9.69 Å². The van der Waals surface area contributed by atoms with Gasteiger partial charge in [-0.05, 0) is 47.7 Å². The highest BCUT2D eigenvalue weighted by Gasteiger charge is 2.32. The molecule has 3 rings (SSSR count). The molecule has 1 aliphatic heterocycles. The number of carbonyl (C=O) groups is 1. The maximum atomic E-state index is 13.4. The average molecular weight is 413 g/mol. The van der Waals surface area contributed by atoms with Gasteiger partial charge in [-0.25, -0.2) is 4.39 Å². The highest BCUT2D eigenvalue weighted by molar-refractivity contribution is 5.79. The molecule has 0 aliphatic carbocycles. The number of likely N-dealkylation sites (tertiary alicyclic amines) is 1. The van der Waals surface area contributed by atoms with Gasteiger partial charge < -0.3 is 14.8 Å². The normalized spacial score (nSPS) is 19.2. The fourth-order valence-electron chi connectivity index (χ4n) is 4.02. The molecule has 1 heterocycles. The lowest BCUT2D eigenvalue weighted by Crippen LogP contribution is -2.45. The van der Waals surface area contributed by atoms with E-state index in [4.69, 9.17) is 9.47 Å². The van der Waals surface area contributed by atoms with Crippen LogP contribution in [0, 0.1) is 11.7 Å². The van der Waals surface area contributed by atoms with Gasteiger partial charge in [0.15, 0.2) is 0 Å². The molecule has 30 heavy (non-hydrogen) atoms. The smallest absolute Gasteiger partial charge is 0.224 e. The van der Waals surface area contributed by atoms with Gasteiger partial charge >= 0.3 is 0 Å². The molecule has 1 aliphatic rings. The molecule has 0 bridgehead atoms. The molecule has 2 aromatic carbocycles. The molecule has 6 heteroatoms. The van der Waals surface area contributed by atoms with E-state index in [-0.39, 0.29) is 23.6 Å². The maximum Gasteiger partial charge on any atom is 0.224 e. The van der Waals surface area contributed by atoms with Crippen LogP contribution in [0.1, 0.15) is 23.5 Å². The fraction of sp³-hybridized carbons (Fsp3) is 0.375. The first-order chi connectivity index (χ1) is 14.5. The van der Waals surface area contributed by atoms with Crippen molar-refractivity contribution in [2.45, 2.75) is 18.9 Å². The predicted molar refractivity (Wildman–Crippen MR) is 115 cm³/mol. The lowest BCUT2D eigenvalue weighted by molar-refractivity contribution is -0.126. The average Bonchev–Trinajstić information content (AvgIpc) is 2.77. The number of hydrogen-bond donors (Lipinski definition) is 1. The van der Waals surface area contributed by atoms with Gasteiger partial charge in [0.1, 0.15) is 17.3 Å². The van der Waals surface area contributed by atoms with Crippen molar-refractivity contribution < 1.29 is 18.7 Å². The van der Waals surface area contributed by atoms with E-state index in [0.29, 0.717) is 19.6 Å². The first kappa shape index (κ1) is 21.8. The summed E-state index contributed by atoms with van der Waals surface area (Å²) in [6, 6.07) is 12.4. The summed E-state index contributed by atoms with van der Waals surface area (Å²) in [6.07, 6.45) is 2.41. The van der Waals surface area contributed by atoms with E-state index in [1.54, 1.807) is 20.3 Å². The third kappa shape index (κ3) is 5.60. The molecule has 2 atom stereocenters. The van der Waals surface area contributed by atoms with Crippen LogP contribution in [0.15, 0.2) is 55.1 Å². The third-order valence-corrected chi connectivity index (χ3v) is 5.48. The summed E-state index contributed by atoms with van der Waals surface area (Å²) in [5.74, 6) is 1.23. The van der Waals surface area contributed by atoms with Gasteiger partial charge in [0.2, 0.25) is 5.91 Å². The molecule has 1 N–H and O–H groups in total. The summed E-state index contributed by atoms with van der Waals surface area (Å²) in [5.41, 5.74) is 2.10. The van der Waals surface area contributed by atoms with Gasteiger partial charge in [0, 0.05) is 32.2 Å². The molecular formula is C24H29FN2O3. The van der Waals surface area contributed by atoms with Crippen LogP contribution >= 0.6 is 0 Å². The monoisotopic (exact) mass is 412 g/mol. The number of piperidine rings is 1. The van der Waals surface area contributed by atoms with Crippen LogP contribution in [0.5, 0.6) is 11.5 Å². The van der Waals surface area contributed by atoms with Crippen molar-refractivity contribution in [3.8, 4) is 11.5 Å². The molecule has 0 spiro atoms.